The molecule has 278 valence electrons. The number of unbranched alkanes of at least 4 members (excludes halogenated alkanes) is 3. The lowest BCUT2D eigenvalue weighted by molar-refractivity contribution is -0.281. The van der Waals surface area contributed by atoms with Gasteiger partial charge in [-0.05, 0) is 126 Å². The van der Waals surface area contributed by atoms with Crippen LogP contribution in [0.5, 0.6) is 5.75 Å². The molecule has 2 saturated heterocycles. The Labute approximate surface area is 310 Å². The van der Waals surface area contributed by atoms with Gasteiger partial charge in [0.05, 0.1) is 49.1 Å². The molecule has 3 fully saturated rings. The molecule has 8 heteroatoms. The molecule has 1 aromatic rings. The molecule has 1 spiro atoms. The Morgan fingerprint density at radius 1 is 1.00 bits per heavy atom. The van der Waals surface area contributed by atoms with Gasteiger partial charge in [-0.25, -0.2) is 0 Å². The highest BCUT2D eigenvalue weighted by molar-refractivity contribution is 8.18. The Hall–Kier alpha value is -1.55. The van der Waals surface area contributed by atoms with E-state index in [1.807, 2.05) is 61.6 Å². The number of aliphatic hydroxyl groups is 1. The van der Waals surface area contributed by atoms with Gasteiger partial charge in [0.1, 0.15) is 11.5 Å². The molecular formula is C42H62O6S2. The second-order valence-electron chi connectivity index (χ2n) is 15.2. The van der Waals surface area contributed by atoms with E-state index >= 15 is 0 Å². The number of thioether (sulfide) groups is 2. The van der Waals surface area contributed by atoms with E-state index in [4.69, 9.17) is 18.9 Å². The predicted octanol–water partition coefficient (Wildman–Crippen LogP) is 9.70. The minimum Gasteiger partial charge on any atom is -0.497 e. The van der Waals surface area contributed by atoms with Crippen LogP contribution in [0.2, 0.25) is 0 Å². The maximum atomic E-state index is 14.6. The summed E-state index contributed by atoms with van der Waals surface area (Å²) in [4.78, 5) is 14.6. The van der Waals surface area contributed by atoms with Crippen molar-refractivity contribution in [1.29, 1.82) is 0 Å². The number of benzene rings is 1. The topological polar surface area (TPSA) is 74.2 Å². The summed E-state index contributed by atoms with van der Waals surface area (Å²) in [6.45, 7) is 9.51. The van der Waals surface area contributed by atoms with Gasteiger partial charge in [0, 0.05) is 11.8 Å². The molecule has 5 atom stereocenters. The number of hydrogen-bond donors (Lipinski definition) is 1. The molecule has 50 heavy (non-hydrogen) atoms. The average molecular weight is 727 g/mol. The maximum absolute atomic E-state index is 14.6. The third-order valence-corrected chi connectivity index (χ3v) is 15.0. The van der Waals surface area contributed by atoms with Crippen molar-refractivity contribution in [3.8, 4) is 5.75 Å². The van der Waals surface area contributed by atoms with E-state index in [0.29, 0.717) is 39.1 Å². The number of ether oxygens (including phenoxy) is 4. The van der Waals surface area contributed by atoms with Crippen LogP contribution in [0, 0.1) is 23.2 Å². The number of rotatable bonds is 16. The van der Waals surface area contributed by atoms with Gasteiger partial charge in [-0.2, -0.15) is 0 Å². The monoisotopic (exact) mass is 726 g/mol. The average Bonchev–Trinajstić information content (AvgIpc) is 3.20. The van der Waals surface area contributed by atoms with Gasteiger partial charge < -0.3 is 24.1 Å². The largest absolute Gasteiger partial charge is 0.497 e. The third kappa shape index (κ3) is 9.70. The molecule has 1 N–H and O–H groups in total. The van der Waals surface area contributed by atoms with Crippen LogP contribution in [0.4, 0.5) is 0 Å². The fraction of sp³-hybridized carbons (Fsp3) is 0.690. The Morgan fingerprint density at radius 2 is 1.70 bits per heavy atom. The Kier molecular flexibility index (Phi) is 14.6. The molecule has 0 aromatic heterocycles. The zero-order chi connectivity index (χ0) is 35.6. The van der Waals surface area contributed by atoms with E-state index in [0.717, 1.165) is 61.3 Å². The molecule has 2 aliphatic carbocycles. The molecule has 0 unspecified atom stereocenters. The van der Waals surface area contributed by atoms with Crippen molar-refractivity contribution in [2.45, 2.75) is 127 Å². The molecule has 0 radical (unpaired) electrons. The van der Waals surface area contributed by atoms with Gasteiger partial charge >= 0.3 is 0 Å². The van der Waals surface area contributed by atoms with Gasteiger partial charge in [0.15, 0.2) is 5.79 Å². The van der Waals surface area contributed by atoms with Gasteiger partial charge in [-0.15, -0.1) is 23.5 Å². The van der Waals surface area contributed by atoms with Crippen LogP contribution in [0.3, 0.4) is 0 Å². The molecule has 6 nitrogen and oxygen atoms in total. The van der Waals surface area contributed by atoms with Crippen molar-refractivity contribution < 1.29 is 28.8 Å². The van der Waals surface area contributed by atoms with Crippen molar-refractivity contribution in [2.24, 2.45) is 23.2 Å². The highest BCUT2D eigenvalue weighted by atomic mass is 32.2. The number of aliphatic hydroxyl groups excluding tert-OH is 1. The van der Waals surface area contributed by atoms with Crippen LogP contribution < -0.4 is 4.74 Å². The zero-order valence-electron chi connectivity index (χ0n) is 31.2. The summed E-state index contributed by atoms with van der Waals surface area (Å²) in [5.41, 5.74) is 1.81. The molecule has 4 aliphatic rings. The molecule has 2 aliphatic heterocycles. The quantitative estimate of drug-likeness (QED) is 0.133. The first-order valence-electron chi connectivity index (χ1n) is 19.1. The van der Waals surface area contributed by atoms with Gasteiger partial charge in [-0.3, -0.25) is 4.79 Å². The number of Topliss-reactive ketones (excluding diaryl/α,β-unsaturated/α-hetero) is 1. The molecule has 2 bridgehead atoms. The summed E-state index contributed by atoms with van der Waals surface area (Å²) in [5, 5.41) is 12.4. The number of carbonyl (C=O) groups is 1. The Balaban J connectivity index is 1.51. The lowest BCUT2D eigenvalue weighted by atomic mass is 9.63. The van der Waals surface area contributed by atoms with Crippen LogP contribution in [0.25, 0.3) is 0 Å². The summed E-state index contributed by atoms with van der Waals surface area (Å²) >= 11 is 3.89. The van der Waals surface area contributed by atoms with Crippen LogP contribution >= 0.6 is 23.5 Å². The number of fused-ring (bicyclic) bond motifs is 3. The first-order valence-corrected chi connectivity index (χ1v) is 21.1. The summed E-state index contributed by atoms with van der Waals surface area (Å²) in [6, 6.07) is 8.00. The lowest BCUT2D eigenvalue weighted by Gasteiger charge is -2.50. The summed E-state index contributed by atoms with van der Waals surface area (Å²) < 4.78 is 24.9. The minimum absolute atomic E-state index is 0.00334. The minimum atomic E-state index is -0.661. The second kappa shape index (κ2) is 18.5. The predicted molar refractivity (Wildman–Crippen MR) is 208 cm³/mol. The summed E-state index contributed by atoms with van der Waals surface area (Å²) in [5.74, 6) is 2.39. The first kappa shape index (κ1) is 39.7. The van der Waals surface area contributed by atoms with Crippen LogP contribution in [0.15, 0.2) is 60.2 Å². The van der Waals surface area contributed by atoms with Crippen molar-refractivity contribution >= 4 is 29.3 Å². The Bertz CT molecular complexity index is 1300. The third-order valence-electron chi connectivity index (χ3n) is 11.4. The summed E-state index contributed by atoms with van der Waals surface area (Å²) in [7, 11) is 1.67. The number of carbonyl (C=O) groups excluding carboxylic acids is 1. The lowest BCUT2D eigenvalue weighted by Crippen LogP contribution is -2.52. The van der Waals surface area contributed by atoms with Gasteiger partial charge in [0.25, 0.3) is 0 Å². The van der Waals surface area contributed by atoms with Crippen LogP contribution in [-0.2, 0) is 25.6 Å². The molecule has 1 aromatic carbocycles. The normalized spacial score (nSPS) is 28.1. The second-order valence-corrected chi connectivity index (χ2v) is 18.3. The van der Waals surface area contributed by atoms with E-state index in [-0.39, 0.29) is 27.6 Å². The van der Waals surface area contributed by atoms with E-state index in [9.17, 15) is 9.90 Å². The summed E-state index contributed by atoms with van der Waals surface area (Å²) in [6.07, 6.45) is 20.6. The molecule has 1 saturated carbocycles. The smallest absolute Gasteiger partial charge is 0.162 e. The van der Waals surface area contributed by atoms with Crippen molar-refractivity contribution in [2.75, 3.05) is 31.8 Å². The molecule has 0 amide bonds. The van der Waals surface area contributed by atoms with E-state index < -0.39 is 23.4 Å². The molecule has 2 heterocycles. The fourth-order valence-electron chi connectivity index (χ4n) is 8.40. The number of hydrogen-bond acceptors (Lipinski definition) is 8. The Morgan fingerprint density at radius 3 is 2.38 bits per heavy atom. The molecule has 5 rings (SSSR count). The number of allylic oxidation sites excluding steroid dienone is 5. The van der Waals surface area contributed by atoms with Gasteiger partial charge in [0.2, 0.25) is 0 Å². The zero-order valence-corrected chi connectivity index (χ0v) is 32.8. The standard InChI is InChI=1S/C42H62O6S2/c1-6-8-10-11-12-13-16-32-26-35-39(46-28-31-17-19-33(45-5)20-18-31)38(36(43)21-23-41(35)29-47-40(3,4)48-30-41)34(32)27-37(44)42(22-14-9-7-2)49-24-15-25-50-42/h6-9,17-20,26,32,34,37-39,44H,10-16,21-25,27-30H2,1-5H3/b8-6+,9-7+/t32-,34+,37-,38+,39+/m1/s1. The highest BCUT2D eigenvalue weighted by Crippen LogP contribution is 2.55. The number of methoxy groups -OCH3 is 1. The first-order chi connectivity index (χ1) is 24.2. The maximum Gasteiger partial charge on any atom is 0.162 e. The highest BCUT2D eigenvalue weighted by Gasteiger charge is 2.56. The fourth-order valence-corrected chi connectivity index (χ4v) is 11.8. The SMILES string of the molecule is C/C=C/CCCCC[C@@H]1C=C2[C@H](OCc3ccc(OC)cc3)[C@H](C(=O)CCC23COC(C)(C)OC3)[C@H]1C[C@@H](O)C1(CC/C=C/C)SCCCS1. The van der Waals surface area contributed by atoms with E-state index in [1.165, 1.54) is 18.4 Å². The van der Waals surface area contributed by atoms with E-state index in [2.05, 4.69) is 44.2 Å². The van der Waals surface area contributed by atoms with E-state index in [1.54, 1.807) is 7.11 Å². The van der Waals surface area contributed by atoms with Crippen molar-refractivity contribution in [3.63, 3.8) is 0 Å². The molecular weight excluding hydrogens is 665 g/mol. The van der Waals surface area contributed by atoms with Crippen LogP contribution in [-0.4, -0.2) is 64.8 Å². The number of ketones is 1. The van der Waals surface area contributed by atoms with Crippen molar-refractivity contribution in [1.82, 2.24) is 0 Å². The van der Waals surface area contributed by atoms with Crippen molar-refractivity contribution in [3.05, 3.63) is 65.8 Å². The van der Waals surface area contributed by atoms with Crippen LogP contribution in [0.1, 0.15) is 104 Å². The van der Waals surface area contributed by atoms with Gasteiger partial charge in [-0.1, -0.05) is 55.4 Å².